The van der Waals surface area contributed by atoms with Gasteiger partial charge in [-0.05, 0) is 67.5 Å². The minimum absolute atomic E-state index is 0.0151. The average Bonchev–Trinajstić information content (AvgIpc) is 3.41. The van der Waals surface area contributed by atoms with Crippen molar-refractivity contribution in [3.8, 4) is 0 Å². The van der Waals surface area contributed by atoms with Crippen LogP contribution in [0, 0.1) is 6.92 Å². The van der Waals surface area contributed by atoms with Crippen LogP contribution in [0.3, 0.4) is 0 Å². The number of esters is 1. The summed E-state index contributed by atoms with van der Waals surface area (Å²) >= 11 is 0. The largest absolute Gasteiger partial charge is 0.460 e. The number of H-pyrrole nitrogens is 1. The third-order valence-corrected chi connectivity index (χ3v) is 5.62. The van der Waals surface area contributed by atoms with Crippen LogP contribution in [-0.4, -0.2) is 67.0 Å². The number of benzene rings is 1. The number of likely N-dealkylation sites (N-methyl/N-ethyl adjacent to an activating group) is 1. The molecule has 3 aromatic rings. The second-order valence-electron chi connectivity index (χ2n) is 8.62. The molecular formula is C26H28FN5O5. The number of allylic oxidation sites excluding steroid dienone is 1. The number of nitrogens with zero attached hydrogens (tertiary/aromatic N) is 2. The van der Waals surface area contributed by atoms with Crippen LogP contribution in [0.1, 0.15) is 11.1 Å². The lowest BCUT2D eigenvalue weighted by molar-refractivity contribution is -0.140. The lowest BCUT2D eigenvalue weighted by atomic mass is 10.1. The fourth-order valence-corrected chi connectivity index (χ4v) is 3.70. The van der Waals surface area contributed by atoms with E-state index in [1.54, 1.807) is 36.7 Å². The second-order valence-corrected chi connectivity index (χ2v) is 8.62. The van der Waals surface area contributed by atoms with Crippen molar-refractivity contribution in [1.29, 1.82) is 0 Å². The molecule has 0 aliphatic carbocycles. The predicted octanol–water partition coefficient (Wildman–Crippen LogP) is 3.55. The number of hydrogen-bond acceptors (Lipinski definition) is 9. The van der Waals surface area contributed by atoms with E-state index in [2.05, 4.69) is 25.5 Å². The molecule has 0 saturated carbocycles. The Kier molecular flexibility index (Phi) is 8.16. The normalized spacial score (nSPS) is 14.5. The summed E-state index contributed by atoms with van der Waals surface area (Å²) in [5.74, 6) is -1.40. The first-order valence-electron chi connectivity index (χ1n) is 11.6. The number of aromatic amines is 1. The van der Waals surface area contributed by atoms with Gasteiger partial charge in [0.15, 0.2) is 11.3 Å². The van der Waals surface area contributed by atoms with Gasteiger partial charge in [0.25, 0.3) is 0 Å². The zero-order chi connectivity index (χ0) is 26.4. The van der Waals surface area contributed by atoms with Crippen molar-refractivity contribution >= 4 is 40.2 Å². The predicted molar refractivity (Wildman–Crippen MR) is 137 cm³/mol. The van der Waals surface area contributed by atoms with Gasteiger partial charge in [0.1, 0.15) is 18.9 Å². The van der Waals surface area contributed by atoms with E-state index in [-0.39, 0.29) is 30.4 Å². The maximum absolute atomic E-state index is 13.3. The number of Topliss-reactive ketones (excluding diaryl/α,β-unsaturated/α-hetero) is 1. The van der Waals surface area contributed by atoms with Gasteiger partial charge >= 0.3 is 5.97 Å². The number of hydrogen-bond donors (Lipinski definition) is 3. The highest BCUT2D eigenvalue weighted by atomic mass is 19.3. The van der Waals surface area contributed by atoms with Crippen molar-refractivity contribution in [1.82, 2.24) is 14.9 Å². The molecular weight excluding hydrogens is 481 g/mol. The van der Waals surface area contributed by atoms with Gasteiger partial charge in [0, 0.05) is 47.8 Å². The van der Waals surface area contributed by atoms with Crippen LogP contribution in [-0.2, 0) is 24.0 Å². The van der Waals surface area contributed by atoms with E-state index in [1.165, 1.54) is 0 Å². The number of fused-ring (bicyclic) bond motifs is 1. The fourth-order valence-electron chi connectivity index (χ4n) is 3.70. The maximum Gasteiger partial charge on any atom is 0.347 e. The SMILES string of the molecule is Cc1cc(NCCOF)ccc1NC1=C(C(=O)OCCN(C)C)C(=O)/C(=C/c2c[nH]c3ncccc23)O1. The molecule has 10 nitrogen and oxygen atoms in total. The van der Waals surface area contributed by atoms with Crippen molar-refractivity contribution in [2.45, 2.75) is 6.92 Å². The summed E-state index contributed by atoms with van der Waals surface area (Å²) in [5.41, 5.74) is 3.31. The molecule has 194 valence electrons. The van der Waals surface area contributed by atoms with E-state index >= 15 is 0 Å². The Morgan fingerprint density at radius 1 is 1.27 bits per heavy atom. The number of aryl methyl sites for hydroxylation is 1. The molecule has 0 radical (unpaired) electrons. The number of aromatic nitrogens is 2. The molecule has 0 amide bonds. The van der Waals surface area contributed by atoms with Crippen LogP contribution >= 0.6 is 0 Å². The topological polar surface area (TPSA) is 118 Å². The minimum Gasteiger partial charge on any atom is -0.460 e. The maximum atomic E-state index is 13.3. The highest BCUT2D eigenvalue weighted by molar-refractivity contribution is 6.26. The first-order valence-corrected chi connectivity index (χ1v) is 11.6. The number of pyridine rings is 1. The lowest BCUT2D eigenvalue weighted by Gasteiger charge is -2.14. The van der Waals surface area contributed by atoms with Crippen LogP contribution in [0.25, 0.3) is 17.1 Å². The van der Waals surface area contributed by atoms with Crippen LogP contribution in [0.5, 0.6) is 0 Å². The van der Waals surface area contributed by atoms with E-state index in [1.807, 2.05) is 38.1 Å². The molecule has 11 heteroatoms. The third kappa shape index (κ3) is 6.13. The molecule has 1 aliphatic rings. The van der Waals surface area contributed by atoms with E-state index in [0.29, 0.717) is 30.0 Å². The molecule has 0 atom stereocenters. The Labute approximate surface area is 213 Å². The highest BCUT2D eigenvalue weighted by Crippen LogP contribution is 2.31. The van der Waals surface area contributed by atoms with E-state index < -0.39 is 11.8 Å². The molecule has 0 unspecified atom stereocenters. The van der Waals surface area contributed by atoms with Crippen LogP contribution in [0.15, 0.2) is 59.9 Å². The number of halogens is 1. The van der Waals surface area contributed by atoms with Gasteiger partial charge in [-0.1, -0.05) is 0 Å². The first kappa shape index (κ1) is 25.9. The number of ether oxygens (including phenoxy) is 2. The van der Waals surface area contributed by atoms with Gasteiger partial charge in [-0.25, -0.2) is 9.78 Å². The monoisotopic (exact) mass is 509 g/mol. The van der Waals surface area contributed by atoms with E-state index in [4.69, 9.17) is 9.47 Å². The smallest absolute Gasteiger partial charge is 0.347 e. The lowest BCUT2D eigenvalue weighted by Crippen LogP contribution is -2.23. The Hall–Kier alpha value is -4.22. The Bertz CT molecular complexity index is 1360. The molecule has 1 aromatic carbocycles. The third-order valence-electron chi connectivity index (χ3n) is 5.62. The van der Waals surface area contributed by atoms with Crippen LogP contribution in [0.2, 0.25) is 0 Å². The zero-order valence-corrected chi connectivity index (χ0v) is 20.8. The zero-order valence-electron chi connectivity index (χ0n) is 20.8. The Morgan fingerprint density at radius 2 is 2.11 bits per heavy atom. The van der Waals surface area contributed by atoms with Gasteiger partial charge in [-0.2, -0.15) is 4.94 Å². The summed E-state index contributed by atoms with van der Waals surface area (Å²) < 4.78 is 23.1. The molecule has 0 spiro atoms. The molecule has 1 aliphatic heterocycles. The Balaban J connectivity index is 1.61. The number of carbonyl (C=O) groups excluding carboxylic acids is 2. The number of nitrogens with one attached hydrogen (secondary N) is 3. The quantitative estimate of drug-likeness (QED) is 0.154. The molecule has 37 heavy (non-hydrogen) atoms. The minimum atomic E-state index is -0.777. The van der Waals surface area contributed by atoms with Crippen LogP contribution < -0.4 is 10.6 Å². The van der Waals surface area contributed by atoms with Gasteiger partial charge in [0.2, 0.25) is 11.7 Å². The van der Waals surface area contributed by atoms with Gasteiger partial charge in [0.05, 0.1) is 0 Å². The highest BCUT2D eigenvalue weighted by Gasteiger charge is 2.37. The van der Waals surface area contributed by atoms with Crippen molar-refractivity contribution in [3.05, 3.63) is 71.1 Å². The standard InChI is InChI=1S/C26H28FN5O5/c1-16-13-18(28-9-11-36-27)6-7-20(16)31-25-22(26(34)35-12-10-32(2)3)23(33)21(37-25)14-17-15-30-24-19(17)5-4-8-29-24/h4-8,13-15,28,31H,9-12H2,1-3H3,(H,29,30)/b21-14-. The summed E-state index contributed by atoms with van der Waals surface area (Å²) in [5, 5.41) is 6.90. The molecule has 0 saturated heterocycles. The van der Waals surface area contributed by atoms with Crippen molar-refractivity contribution in [2.75, 3.05) is 51.0 Å². The van der Waals surface area contributed by atoms with E-state index in [0.717, 1.165) is 16.6 Å². The summed E-state index contributed by atoms with van der Waals surface area (Å²) in [7, 11) is 3.71. The summed E-state index contributed by atoms with van der Waals surface area (Å²) in [4.78, 5) is 39.0. The van der Waals surface area contributed by atoms with Crippen molar-refractivity contribution in [2.24, 2.45) is 0 Å². The van der Waals surface area contributed by atoms with E-state index in [9.17, 15) is 14.1 Å². The van der Waals surface area contributed by atoms with Crippen molar-refractivity contribution < 1.29 is 28.5 Å². The molecule has 2 aromatic heterocycles. The second kappa shape index (κ2) is 11.7. The molecule has 3 heterocycles. The molecule has 3 N–H and O–H groups in total. The fraction of sp³-hybridized carbons (Fsp3) is 0.269. The number of rotatable bonds is 11. The summed E-state index contributed by atoms with van der Waals surface area (Å²) in [6.45, 7) is 2.68. The van der Waals surface area contributed by atoms with Gasteiger partial charge < -0.3 is 30.0 Å². The number of carbonyl (C=O) groups is 2. The van der Waals surface area contributed by atoms with Crippen molar-refractivity contribution in [3.63, 3.8) is 0 Å². The number of ketones is 1. The van der Waals surface area contributed by atoms with Gasteiger partial charge in [-0.3, -0.25) is 4.79 Å². The van der Waals surface area contributed by atoms with Gasteiger partial charge in [-0.15, -0.1) is 0 Å². The Morgan fingerprint density at radius 3 is 2.86 bits per heavy atom. The number of anilines is 2. The van der Waals surface area contributed by atoms with Crippen LogP contribution in [0.4, 0.5) is 15.9 Å². The molecule has 4 rings (SSSR count). The average molecular weight is 510 g/mol. The first-order chi connectivity index (χ1) is 17.9. The molecule has 0 fully saturated rings. The molecule has 0 bridgehead atoms. The summed E-state index contributed by atoms with van der Waals surface area (Å²) in [6.07, 6.45) is 4.94. The summed E-state index contributed by atoms with van der Waals surface area (Å²) in [6, 6.07) is 9.03.